The summed E-state index contributed by atoms with van der Waals surface area (Å²) in [7, 11) is 2.11. The summed E-state index contributed by atoms with van der Waals surface area (Å²) in [6, 6.07) is 11.9. The number of piperazine rings is 1. The molecule has 4 aromatic rings. The quantitative estimate of drug-likeness (QED) is 0.322. The number of rotatable bonds is 8. The molecule has 1 fully saturated rings. The fraction of sp³-hybridized carbons (Fsp3) is 0.393. The first kappa shape index (κ1) is 23.8. The van der Waals surface area contributed by atoms with E-state index in [0.717, 1.165) is 73.3 Å². The maximum absolute atomic E-state index is 15.8. The highest BCUT2D eigenvalue weighted by molar-refractivity contribution is 7.21. The van der Waals surface area contributed by atoms with Crippen LogP contribution in [0.3, 0.4) is 0 Å². The summed E-state index contributed by atoms with van der Waals surface area (Å²) in [5.74, 6) is -0.716. The molecule has 2 aromatic carbocycles. The van der Waals surface area contributed by atoms with Crippen molar-refractivity contribution in [1.82, 2.24) is 9.88 Å². The number of nitrogens with zero attached hydrogens (tertiary/aromatic N) is 2. The molecule has 2 aromatic heterocycles. The lowest BCUT2D eigenvalue weighted by atomic mass is 9.85. The van der Waals surface area contributed by atoms with Gasteiger partial charge < -0.3 is 20.5 Å². The fourth-order valence-corrected chi connectivity index (χ4v) is 6.56. The molecule has 1 amide bonds. The molecule has 1 unspecified atom stereocenters. The highest BCUT2D eigenvalue weighted by Gasteiger charge is 2.28. The second kappa shape index (κ2) is 9.99. The van der Waals surface area contributed by atoms with Crippen molar-refractivity contribution in [2.45, 2.75) is 38.5 Å². The second-order valence-electron chi connectivity index (χ2n) is 9.70. The first-order valence-electron chi connectivity index (χ1n) is 12.5. The SMILES string of the molecule is CCCCC(Cc1c[nH]c2ccccc12)c1c(C(N)=O)sc2cc(N3CCN(C)CC3)cc(F)c12. The van der Waals surface area contributed by atoms with Gasteiger partial charge in [-0.1, -0.05) is 38.0 Å². The van der Waals surface area contributed by atoms with Crippen molar-refractivity contribution in [1.29, 1.82) is 0 Å². The fourth-order valence-electron chi connectivity index (χ4n) is 5.37. The zero-order chi connectivity index (χ0) is 24.5. The van der Waals surface area contributed by atoms with Crippen LogP contribution in [-0.2, 0) is 6.42 Å². The van der Waals surface area contributed by atoms with E-state index in [2.05, 4.69) is 40.9 Å². The number of primary amides is 1. The smallest absolute Gasteiger partial charge is 0.259 e. The number of hydrogen-bond acceptors (Lipinski definition) is 4. The number of carbonyl (C=O) groups excluding carboxylic acids is 1. The number of nitrogens with two attached hydrogens (primary N) is 1. The number of hydrogen-bond donors (Lipinski definition) is 2. The largest absolute Gasteiger partial charge is 0.369 e. The van der Waals surface area contributed by atoms with Crippen LogP contribution >= 0.6 is 11.3 Å². The van der Waals surface area contributed by atoms with Crippen LogP contribution < -0.4 is 10.6 Å². The molecule has 0 saturated carbocycles. The van der Waals surface area contributed by atoms with Crippen molar-refractivity contribution in [3.63, 3.8) is 0 Å². The number of nitrogens with one attached hydrogen (secondary N) is 1. The number of likely N-dealkylation sites (N-methyl/N-ethyl adjacent to an activating group) is 1. The summed E-state index contributed by atoms with van der Waals surface area (Å²) in [5.41, 5.74) is 9.83. The van der Waals surface area contributed by atoms with E-state index in [9.17, 15) is 4.79 Å². The Hall–Kier alpha value is -2.90. The van der Waals surface area contributed by atoms with Crippen molar-refractivity contribution in [2.75, 3.05) is 38.1 Å². The minimum atomic E-state index is -0.470. The van der Waals surface area contributed by atoms with Gasteiger partial charge in [0.25, 0.3) is 5.91 Å². The van der Waals surface area contributed by atoms with Crippen LogP contribution in [0.15, 0.2) is 42.6 Å². The Morgan fingerprint density at radius 2 is 1.97 bits per heavy atom. The zero-order valence-corrected chi connectivity index (χ0v) is 21.3. The number of halogens is 1. The molecule has 3 heterocycles. The molecule has 1 saturated heterocycles. The predicted molar refractivity (Wildman–Crippen MR) is 144 cm³/mol. The van der Waals surface area contributed by atoms with E-state index in [-0.39, 0.29) is 11.7 Å². The molecule has 5 nitrogen and oxygen atoms in total. The number of amides is 1. The Labute approximate surface area is 209 Å². The zero-order valence-electron chi connectivity index (χ0n) is 20.4. The van der Waals surface area contributed by atoms with Gasteiger partial charge in [0.2, 0.25) is 0 Å². The van der Waals surface area contributed by atoms with Crippen LogP contribution in [0, 0.1) is 5.82 Å². The second-order valence-corrected chi connectivity index (χ2v) is 10.8. The molecule has 7 heteroatoms. The van der Waals surface area contributed by atoms with Gasteiger partial charge >= 0.3 is 0 Å². The molecule has 3 N–H and O–H groups in total. The molecule has 184 valence electrons. The van der Waals surface area contributed by atoms with Gasteiger partial charge in [0.15, 0.2) is 0 Å². The van der Waals surface area contributed by atoms with Gasteiger partial charge in [-0.05, 0) is 55.1 Å². The predicted octanol–water partition coefficient (Wildman–Crippen LogP) is 5.89. The van der Waals surface area contributed by atoms with Crippen LogP contribution in [0.1, 0.15) is 52.9 Å². The number of thiophene rings is 1. The van der Waals surface area contributed by atoms with Gasteiger partial charge in [0, 0.05) is 59.1 Å². The molecule has 0 spiro atoms. The summed E-state index contributed by atoms with van der Waals surface area (Å²) in [6.45, 7) is 5.79. The van der Waals surface area contributed by atoms with Gasteiger partial charge in [0.05, 0.1) is 4.88 Å². The number of unbranched alkanes of at least 4 members (excludes halogenated alkanes) is 1. The number of benzene rings is 2. The number of fused-ring (bicyclic) bond motifs is 2. The summed E-state index contributed by atoms with van der Waals surface area (Å²) in [5, 5.41) is 1.75. The summed E-state index contributed by atoms with van der Waals surface area (Å²) >= 11 is 1.34. The van der Waals surface area contributed by atoms with Crippen molar-refractivity contribution in [3.05, 3.63) is 64.4 Å². The topological polar surface area (TPSA) is 65.4 Å². The van der Waals surface area contributed by atoms with Crippen molar-refractivity contribution < 1.29 is 9.18 Å². The Balaban J connectivity index is 1.59. The highest BCUT2D eigenvalue weighted by Crippen LogP contribution is 2.43. The van der Waals surface area contributed by atoms with E-state index < -0.39 is 5.91 Å². The van der Waals surface area contributed by atoms with Crippen molar-refractivity contribution in [3.8, 4) is 0 Å². The number of anilines is 1. The summed E-state index contributed by atoms with van der Waals surface area (Å²) < 4.78 is 16.6. The number of H-pyrrole nitrogens is 1. The van der Waals surface area contributed by atoms with Crippen LogP contribution in [0.25, 0.3) is 21.0 Å². The normalized spacial score (nSPS) is 15.8. The maximum atomic E-state index is 15.8. The van der Waals surface area contributed by atoms with Crippen molar-refractivity contribution >= 4 is 43.9 Å². The van der Waals surface area contributed by atoms with Gasteiger partial charge in [0.1, 0.15) is 5.82 Å². The molecular weight excluding hydrogens is 459 g/mol. The van der Waals surface area contributed by atoms with E-state index in [0.29, 0.717) is 10.3 Å². The average Bonchev–Trinajstić information content (AvgIpc) is 3.44. The Morgan fingerprint density at radius 1 is 1.20 bits per heavy atom. The van der Waals surface area contributed by atoms with E-state index in [1.54, 1.807) is 6.07 Å². The number of aromatic amines is 1. The number of para-hydroxylation sites is 1. The highest BCUT2D eigenvalue weighted by atomic mass is 32.1. The van der Waals surface area contributed by atoms with E-state index in [1.165, 1.54) is 22.3 Å². The monoisotopic (exact) mass is 492 g/mol. The van der Waals surface area contributed by atoms with Gasteiger partial charge in [-0.3, -0.25) is 4.79 Å². The molecule has 0 bridgehead atoms. The Bertz CT molecular complexity index is 1350. The van der Waals surface area contributed by atoms with Crippen LogP contribution in [0.5, 0.6) is 0 Å². The summed E-state index contributed by atoms with van der Waals surface area (Å²) in [6.07, 6.45) is 5.69. The minimum Gasteiger partial charge on any atom is -0.369 e. The molecule has 35 heavy (non-hydrogen) atoms. The standard InChI is InChI=1S/C28H33FN4OS/c1-3-4-7-18(14-19-17-31-23-9-6-5-8-21(19)23)25-26-22(29)15-20(33-12-10-32(2)11-13-33)16-24(26)35-27(25)28(30)34/h5-6,8-9,15-18,31H,3-4,7,10-14H2,1-2H3,(H2,30,34). The maximum Gasteiger partial charge on any atom is 0.259 e. The van der Waals surface area contributed by atoms with E-state index >= 15 is 4.39 Å². The third kappa shape index (κ3) is 4.67. The van der Waals surface area contributed by atoms with Gasteiger partial charge in [-0.15, -0.1) is 11.3 Å². The third-order valence-corrected chi connectivity index (χ3v) is 8.48. The van der Waals surface area contributed by atoms with Gasteiger partial charge in [-0.25, -0.2) is 4.39 Å². The first-order chi connectivity index (χ1) is 17.0. The average molecular weight is 493 g/mol. The van der Waals surface area contributed by atoms with Gasteiger partial charge in [-0.2, -0.15) is 0 Å². The molecule has 1 aliphatic rings. The van der Waals surface area contributed by atoms with Crippen LogP contribution in [0.4, 0.5) is 10.1 Å². The summed E-state index contributed by atoms with van der Waals surface area (Å²) in [4.78, 5) is 21.0. The molecule has 0 aliphatic carbocycles. The minimum absolute atomic E-state index is 0.00870. The van der Waals surface area contributed by atoms with Crippen molar-refractivity contribution in [2.24, 2.45) is 5.73 Å². The Kier molecular flexibility index (Phi) is 6.80. The van der Waals surface area contributed by atoms with E-state index in [1.807, 2.05) is 24.4 Å². The third-order valence-electron chi connectivity index (χ3n) is 7.31. The molecular formula is C28H33FN4OS. The lowest BCUT2D eigenvalue weighted by Gasteiger charge is -2.34. The Morgan fingerprint density at radius 3 is 2.71 bits per heavy atom. The lowest BCUT2D eigenvalue weighted by molar-refractivity contribution is 0.100. The molecule has 1 aliphatic heterocycles. The van der Waals surface area contributed by atoms with Crippen LogP contribution in [0.2, 0.25) is 0 Å². The first-order valence-corrected chi connectivity index (χ1v) is 13.3. The number of aromatic nitrogens is 1. The molecule has 5 rings (SSSR count). The number of carbonyl (C=O) groups is 1. The van der Waals surface area contributed by atoms with E-state index in [4.69, 9.17) is 5.73 Å². The lowest BCUT2D eigenvalue weighted by Crippen LogP contribution is -2.44. The molecule has 1 atom stereocenters. The molecule has 0 radical (unpaired) electrons. The van der Waals surface area contributed by atoms with Crippen LogP contribution in [-0.4, -0.2) is 49.0 Å².